The van der Waals surface area contributed by atoms with Gasteiger partial charge in [0.25, 0.3) is 0 Å². The summed E-state index contributed by atoms with van der Waals surface area (Å²) in [4.78, 5) is 3.87. The van der Waals surface area contributed by atoms with Gasteiger partial charge in [0.1, 0.15) is 0 Å². The van der Waals surface area contributed by atoms with Gasteiger partial charge >= 0.3 is 0 Å². The van der Waals surface area contributed by atoms with Crippen LogP contribution < -0.4 is 0 Å². The Kier molecular flexibility index (Phi) is 2.51. The Morgan fingerprint density at radius 2 is 2.08 bits per heavy atom. The molecule has 66 valence electrons. The monoisotopic (exact) mass is 301 g/mol. The molecule has 0 atom stereocenters. The van der Waals surface area contributed by atoms with Gasteiger partial charge in [-0.15, -0.1) is 0 Å². The highest BCUT2D eigenvalue weighted by Gasteiger charge is 2.06. The van der Waals surface area contributed by atoms with Crippen molar-refractivity contribution in [2.24, 2.45) is 0 Å². The summed E-state index contributed by atoms with van der Waals surface area (Å²) in [6.07, 6.45) is 3.11. The van der Waals surface area contributed by atoms with Gasteiger partial charge in [-0.25, -0.2) is 4.98 Å². The van der Waals surface area contributed by atoms with Crippen LogP contribution in [-0.2, 0) is 0 Å². The number of benzene rings is 1. The first-order valence-corrected chi connectivity index (χ1v) is 5.20. The molecule has 2 aromatic rings. The first-order chi connectivity index (χ1) is 6.27. The molecule has 2 nitrogen and oxygen atoms in total. The maximum Gasteiger partial charge on any atom is 0.181 e. The number of oxazole rings is 1. The maximum atomic E-state index is 5.19. The number of halogens is 2. The minimum atomic E-state index is 0.758. The molecule has 0 aliphatic heterocycles. The Balaban J connectivity index is 2.57. The van der Waals surface area contributed by atoms with E-state index in [4.69, 9.17) is 4.42 Å². The Labute approximate surface area is 92.2 Å². The van der Waals surface area contributed by atoms with Gasteiger partial charge in [-0.1, -0.05) is 31.9 Å². The predicted octanol–water partition coefficient (Wildman–Crippen LogP) is 3.87. The lowest BCUT2D eigenvalue weighted by Crippen LogP contribution is -1.76. The second-order valence-electron chi connectivity index (χ2n) is 2.49. The van der Waals surface area contributed by atoms with Crippen LogP contribution >= 0.6 is 31.9 Å². The van der Waals surface area contributed by atoms with Gasteiger partial charge in [0.2, 0.25) is 0 Å². The number of rotatable bonds is 1. The lowest BCUT2D eigenvalue weighted by molar-refractivity contribution is 0.571. The van der Waals surface area contributed by atoms with E-state index in [1.165, 1.54) is 6.39 Å². The van der Waals surface area contributed by atoms with Crippen LogP contribution in [-0.4, -0.2) is 4.98 Å². The third-order valence-electron chi connectivity index (χ3n) is 1.63. The normalized spacial score (nSPS) is 10.3. The van der Waals surface area contributed by atoms with Crippen LogP contribution in [0.25, 0.3) is 11.3 Å². The summed E-state index contributed by atoms with van der Waals surface area (Å²) in [7, 11) is 0. The summed E-state index contributed by atoms with van der Waals surface area (Å²) in [5, 5.41) is 0. The van der Waals surface area contributed by atoms with E-state index in [-0.39, 0.29) is 0 Å². The molecule has 0 saturated heterocycles. The van der Waals surface area contributed by atoms with Crippen LogP contribution in [0.15, 0.2) is 44.2 Å². The quantitative estimate of drug-likeness (QED) is 0.799. The third-order valence-corrected chi connectivity index (χ3v) is 2.81. The number of hydrogen-bond donors (Lipinski definition) is 0. The molecule has 0 aliphatic rings. The van der Waals surface area contributed by atoms with Crippen molar-refractivity contribution in [2.45, 2.75) is 0 Å². The van der Waals surface area contributed by atoms with Crippen LogP contribution in [0, 0.1) is 0 Å². The Hall–Kier alpha value is -0.610. The second-order valence-corrected chi connectivity index (χ2v) is 4.26. The Bertz CT molecular complexity index is 412. The van der Waals surface area contributed by atoms with E-state index in [2.05, 4.69) is 36.8 Å². The van der Waals surface area contributed by atoms with E-state index in [9.17, 15) is 0 Å². The molecule has 2 rings (SSSR count). The van der Waals surface area contributed by atoms with Crippen molar-refractivity contribution in [3.8, 4) is 11.3 Å². The zero-order chi connectivity index (χ0) is 9.26. The highest BCUT2D eigenvalue weighted by Crippen LogP contribution is 2.30. The molecule has 0 N–H and O–H groups in total. The molecule has 4 heteroatoms. The molecule has 1 aromatic carbocycles. The van der Waals surface area contributed by atoms with E-state index in [1.807, 2.05) is 18.2 Å². The summed E-state index contributed by atoms with van der Waals surface area (Å²) in [5.74, 6) is 0.758. The van der Waals surface area contributed by atoms with Gasteiger partial charge in [-0.05, 0) is 18.2 Å². The summed E-state index contributed by atoms with van der Waals surface area (Å²) in [5.41, 5.74) is 0.992. The maximum absolute atomic E-state index is 5.19. The first-order valence-electron chi connectivity index (χ1n) is 3.61. The number of aromatic nitrogens is 1. The summed E-state index contributed by atoms with van der Waals surface area (Å²) >= 11 is 6.84. The molecule has 0 fully saturated rings. The SMILES string of the molecule is Brc1ccc(Br)c(-c2cnco2)c1. The topological polar surface area (TPSA) is 26.0 Å². The molecular weight excluding hydrogens is 298 g/mol. The summed E-state index contributed by atoms with van der Waals surface area (Å²) < 4.78 is 7.20. The third kappa shape index (κ3) is 1.84. The van der Waals surface area contributed by atoms with Gasteiger partial charge < -0.3 is 4.42 Å². The molecule has 0 unspecified atom stereocenters. The molecule has 0 aliphatic carbocycles. The first kappa shape index (κ1) is 8.97. The van der Waals surface area contributed by atoms with E-state index in [1.54, 1.807) is 6.20 Å². The highest BCUT2D eigenvalue weighted by atomic mass is 79.9. The lowest BCUT2D eigenvalue weighted by Gasteiger charge is -2.00. The van der Waals surface area contributed by atoms with Gasteiger partial charge in [0.05, 0.1) is 6.20 Å². The minimum Gasteiger partial charge on any atom is -0.443 e. The second kappa shape index (κ2) is 3.64. The molecule has 1 heterocycles. The van der Waals surface area contributed by atoms with Crippen molar-refractivity contribution in [1.29, 1.82) is 0 Å². The molecule has 0 amide bonds. The number of nitrogens with zero attached hydrogens (tertiary/aromatic N) is 1. The van der Waals surface area contributed by atoms with Crippen molar-refractivity contribution in [3.63, 3.8) is 0 Å². The zero-order valence-electron chi connectivity index (χ0n) is 6.50. The van der Waals surface area contributed by atoms with Crippen LogP contribution in [0.4, 0.5) is 0 Å². The van der Waals surface area contributed by atoms with E-state index in [0.717, 1.165) is 20.3 Å². The molecule has 0 saturated carbocycles. The molecule has 13 heavy (non-hydrogen) atoms. The largest absolute Gasteiger partial charge is 0.443 e. The highest BCUT2D eigenvalue weighted by molar-refractivity contribution is 9.11. The van der Waals surface area contributed by atoms with Gasteiger partial charge in [0.15, 0.2) is 12.2 Å². The fraction of sp³-hybridized carbons (Fsp3) is 0. The van der Waals surface area contributed by atoms with Gasteiger partial charge in [-0.3, -0.25) is 0 Å². The van der Waals surface area contributed by atoms with Crippen molar-refractivity contribution < 1.29 is 4.42 Å². The standard InChI is InChI=1S/C9H5Br2NO/c10-6-1-2-8(11)7(3-6)9-4-12-5-13-9/h1-5H. The number of hydrogen-bond acceptors (Lipinski definition) is 2. The van der Waals surface area contributed by atoms with E-state index >= 15 is 0 Å². The minimum absolute atomic E-state index is 0.758. The summed E-state index contributed by atoms with van der Waals surface area (Å²) in [6.45, 7) is 0. The predicted molar refractivity (Wildman–Crippen MR) is 57.3 cm³/mol. The fourth-order valence-electron chi connectivity index (χ4n) is 1.04. The van der Waals surface area contributed by atoms with Crippen LogP contribution in [0.1, 0.15) is 0 Å². The van der Waals surface area contributed by atoms with Crippen LogP contribution in [0.3, 0.4) is 0 Å². The van der Waals surface area contributed by atoms with E-state index < -0.39 is 0 Å². The van der Waals surface area contributed by atoms with Crippen molar-refractivity contribution in [2.75, 3.05) is 0 Å². The van der Waals surface area contributed by atoms with E-state index in [0.29, 0.717) is 0 Å². The molecule has 0 radical (unpaired) electrons. The molecule has 0 spiro atoms. The van der Waals surface area contributed by atoms with Crippen LogP contribution in [0.2, 0.25) is 0 Å². The van der Waals surface area contributed by atoms with Gasteiger partial charge in [0, 0.05) is 14.5 Å². The Morgan fingerprint density at radius 3 is 2.77 bits per heavy atom. The smallest absolute Gasteiger partial charge is 0.181 e. The summed E-state index contributed by atoms with van der Waals surface area (Å²) in [6, 6.07) is 5.90. The average molecular weight is 303 g/mol. The fourth-order valence-corrected chi connectivity index (χ4v) is 1.84. The molecule has 1 aromatic heterocycles. The molecular formula is C9H5Br2NO. The van der Waals surface area contributed by atoms with Crippen LogP contribution in [0.5, 0.6) is 0 Å². The molecule has 0 bridgehead atoms. The Morgan fingerprint density at radius 1 is 1.23 bits per heavy atom. The van der Waals surface area contributed by atoms with Crippen molar-refractivity contribution >= 4 is 31.9 Å². The van der Waals surface area contributed by atoms with Crippen molar-refractivity contribution in [1.82, 2.24) is 4.98 Å². The zero-order valence-corrected chi connectivity index (χ0v) is 9.67. The van der Waals surface area contributed by atoms with Crippen molar-refractivity contribution in [3.05, 3.63) is 39.7 Å². The average Bonchev–Trinajstić information content (AvgIpc) is 2.61. The van der Waals surface area contributed by atoms with Gasteiger partial charge in [-0.2, -0.15) is 0 Å². The lowest BCUT2D eigenvalue weighted by atomic mass is 10.2.